The second-order valence-electron chi connectivity index (χ2n) is 5.37. The molecular weight excluding hydrogens is 276 g/mol. The molecule has 1 aromatic carbocycles. The van der Waals surface area contributed by atoms with Crippen molar-refractivity contribution in [1.29, 1.82) is 0 Å². The Morgan fingerprint density at radius 3 is 2.65 bits per heavy atom. The van der Waals surface area contributed by atoms with Crippen LogP contribution >= 0.6 is 11.6 Å². The molecule has 1 heterocycles. The summed E-state index contributed by atoms with van der Waals surface area (Å²) in [7, 11) is 0. The maximum Gasteiger partial charge on any atom is 0.243 e. The Balaban J connectivity index is 2.08. The van der Waals surface area contributed by atoms with Crippen molar-refractivity contribution in [2.45, 2.75) is 45.3 Å². The Kier molecular flexibility index (Phi) is 4.65. The molecule has 0 saturated carbocycles. The molecule has 1 atom stereocenters. The zero-order valence-electron chi connectivity index (χ0n) is 11.7. The average molecular weight is 295 g/mol. The number of hydrogen-bond acceptors (Lipinski definition) is 2. The highest BCUT2D eigenvalue weighted by Gasteiger charge is 2.35. The Morgan fingerprint density at radius 2 is 2.05 bits per heavy atom. The molecule has 0 aliphatic carbocycles. The number of hydrogen-bond donors (Lipinski definition) is 1. The summed E-state index contributed by atoms with van der Waals surface area (Å²) in [5.41, 5.74) is 0.979. The van der Waals surface area contributed by atoms with E-state index >= 15 is 0 Å². The molecule has 1 aliphatic heterocycles. The van der Waals surface area contributed by atoms with E-state index in [1.165, 1.54) is 0 Å². The zero-order valence-corrected chi connectivity index (χ0v) is 12.5. The largest absolute Gasteiger partial charge is 0.352 e. The number of likely N-dealkylation sites (tertiary alicyclic amines) is 1. The van der Waals surface area contributed by atoms with Crippen molar-refractivity contribution in [2.75, 3.05) is 0 Å². The third-order valence-electron chi connectivity index (χ3n) is 3.33. The molecule has 0 aromatic heterocycles. The molecule has 1 aromatic rings. The molecule has 1 fully saturated rings. The van der Waals surface area contributed by atoms with Crippen LogP contribution in [0.15, 0.2) is 24.3 Å². The van der Waals surface area contributed by atoms with Gasteiger partial charge in [0.05, 0.1) is 0 Å². The van der Waals surface area contributed by atoms with Gasteiger partial charge < -0.3 is 10.2 Å². The maximum atomic E-state index is 12.1. The second-order valence-corrected chi connectivity index (χ2v) is 5.80. The van der Waals surface area contributed by atoms with Crippen LogP contribution in [0, 0.1) is 0 Å². The van der Waals surface area contributed by atoms with Crippen LogP contribution in [0.5, 0.6) is 0 Å². The first-order valence-electron chi connectivity index (χ1n) is 6.81. The molecule has 1 aliphatic rings. The van der Waals surface area contributed by atoms with Crippen molar-refractivity contribution in [3.63, 3.8) is 0 Å². The van der Waals surface area contributed by atoms with Gasteiger partial charge in [-0.05, 0) is 38.0 Å². The minimum atomic E-state index is -0.361. The fourth-order valence-electron chi connectivity index (χ4n) is 2.37. The SMILES string of the molecule is CC(C)NC(=O)C1CCC(=O)N1Cc1ccc(Cl)cc1. The van der Waals surface area contributed by atoms with E-state index in [0.717, 1.165) is 5.56 Å². The Morgan fingerprint density at radius 1 is 1.40 bits per heavy atom. The van der Waals surface area contributed by atoms with E-state index in [0.29, 0.717) is 24.4 Å². The molecule has 1 saturated heterocycles. The van der Waals surface area contributed by atoms with Gasteiger partial charge in [-0.25, -0.2) is 0 Å². The second kappa shape index (κ2) is 6.27. The van der Waals surface area contributed by atoms with Gasteiger partial charge in [0.15, 0.2) is 0 Å². The predicted octanol–water partition coefficient (Wildman–Crippen LogP) is 2.36. The third kappa shape index (κ3) is 3.51. The van der Waals surface area contributed by atoms with Gasteiger partial charge in [-0.15, -0.1) is 0 Å². The molecular formula is C15H19ClN2O2. The molecule has 2 rings (SSSR count). The lowest BCUT2D eigenvalue weighted by molar-refractivity contribution is -0.136. The van der Waals surface area contributed by atoms with Gasteiger partial charge in [-0.3, -0.25) is 9.59 Å². The molecule has 0 spiro atoms. The molecule has 108 valence electrons. The first-order chi connectivity index (χ1) is 9.47. The van der Waals surface area contributed by atoms with Crippen LogP contribution in [0.25, 0.3) is 0 Å². The Bertz CT molecular complexity index is 499. The quantitative estimate of drug-likeness (QED) is 0.927. The number of benzene rings is 1. The minimum absolute atomic E-state index is 0.0313. The van der Waals surface area contributed by atoms with Gasteiger partial charge in [0.25, 0.3) is 0 Å². The number of rotatable bonds is 4. The van der Waals surface area contributed by atoms with Crippen molar-refractivity contribution >= 4 is 23.4 Å². The Hall–Kier alpha value is -1.55. The normalized spacial score (nSPS) is 18.7. The summed E-state index contributed by atoms with van der Waals surface area (Å²) >= 11 is 5.85. The van der Waals surface area contributed by atoms with E-state index in [1.54, 1.807) is 17.0 Å². The summed E-state index contributed by atoms with van der Waals surface area (Å²) in [6.07, 6.45) is 1.02. The van der Waals surface area contributed by atoms with Crippen LogP contribution < -0.4 is 5.32 Å². The lowest BCUT2D eigenvalue weighted by atomic mass is 10.1. The summed E-state index contributed by atoms with van der Waals surface area (Å²) in [6.45, 7) is 4.28. The number of carbonyl (C=O) groups excluding carboxylic acids is 2. The van der Waals surface area contributed by atoms with E-state index in [4.69, 9.17) is 11.6 Å². The minimum Gasteiger partial charge on any atom is -0.352 e. The van der Waals surface area contributed by atoms with E-state index in [9.17, 15) is 9.59 Å². The van der Waals surface area contributed by atoms with Crippen molar-refractivity contribution < 1.29 is 9.59 Å². The predicted molar refractivity (Wildman–Crippen MR) is 78.3 cm³/mol. The van der Waals surface area contributed by atoms with Crippen LogP contribution in [0.1, 0.15) is 32.3 Å². The smallest absolute Gasteiger partial charge is 0.243 e. The fourth-order valence-corrected chi connectivity index (χ4v) is 2.50. The topological polar surface area (TPSA) is 49.4 Å². The lowest BCUT2D eigenvalue weighted by Gasteiger charge is -2.25. The summed E-state index contributed by atoms with van der Waals surface area (Å²) < 4.78 is 0. The van der Waals surface area contributed by atoms with E-state index in [2.05, 4.69) is 5.32 Å². The molecule has 4 nitrogen and oxygen atoms in total. The Labute approximate surface area is 124 Å². The van der Waals surface area contributed by atoms with E-state index < -0.39 is 0 Å². The summed E-state index contributed by atoms with van der Waals surface area (Å²) in [6, 6.07) is 7.06. The van der Waals surface area contributed by atoms with Crippen molar-refractivity contribution in [2.24, 2.45) is 0 Å². The molecule has 1 N–H and O–H groups in total. The van der Waals surface area contributed by atoms with Crippen LogP contribution in [0.3, 0.4) is 0 Å². The number of amides is 2. The molecule has 0 bridgehead atoms. The van der Waals surface area contributed by atoms with Gasteiger partial charge in [0.1, 0.15) is 6.04 Å². The van der Waals surface area contributed by atoms with Gasteiger partial charge >= 0.3 is 0 Å². The summed E-state index contributed by atoms with van der Waals surface area (Å²) in [5.74, 6) is -0.0383. The van der Waals surface area contributed by atoms with Crippen molar-refractivity contribution in [3.05, 3.63) is 34.9 Å². The molecule has 5 heteroatoms. The van der Waals surface area contributed by atoms with Crippen molar-refractivity contribution in [1.82, 2.24) is 10.2 Å². The highest BCUT2D eigenvalue weighted by molar-refractivity contribution is 6.30. The highest BCUT2D eigenvalue weighted by atomic mass is 35.5. The maximum absolute atomic E-state index is 12.1. The number of nitrogens with zero attached hydrogens (tertiary/aromatic N) is 1. The molecule has 0 radical (unpaired) electrons. The van der Waals surface area contributed by atoms with E-state index in [-0.39, 0.29) is 23.9 Å². The fraction of sp³-hybridized carbons (Fsp3) is 0.467. The van der Waals surface area contributed by atoms with Gasteiger partial charge in [0.2, 0.25) is 11.8 Å². The summed E-state index contributed by atoms with van der Waals surface area (Å²) in [5, 5.41) is 3.54. The first kappa shape index (κ1) is 14.9. The number of halogens is 1. The van der Waals surface area contributed by atoms with Gasteiger partial charge in [-0.2, -0.15) is 0 Å². The lowest BCUT2D eigenvalue weighted by Crippen LogP contribution is -2.46. The zero-order chi connectivity index (χ0) is 14.7. The average Bonchev–Trinajstić information content (AvgIpc) is 2.73. The number of nitrogens with one attached hydrogen (secondary N) is 1. The van der Waals surface area contributed by atoms with Crippen LogP contribution in [0.4, 0.5) is 0 Å². The van der Waals surface area contributed by atoms with Crippen molar-refractivity contribution in [3.8, 4) is 0 Å². The van der Waals surface area contributed by atoms with Gasteiger partial charge in [-0.1, -0.05) is 23.7 Å². The standard InChI is InChI=1S/C15H19ClN2O2/c1-10(2)17-15(20)13-7-8-14(19)18(13)9-11-3-5-12(16)6-4-11/h3-6,10,13H,7-9H2,1-2H3,(H,17,20). The first-order valence-corrected chi connectivity index (χ1v) is 7.19. The third-order valence-corrected chi connectivity index (χ3v) is 3.58. The number of carbonyl (C=O) groups is 2. The molecule has 20 heavy (non-hydrogen) atoms. The van der Waals surface area contributed by atoms with Gasteiger partial charge in [0, 0.05) is 24.0 Å². The van der Waals surface area contributed by atoms with Crippen LogP contribution in [-0.4, -0.2) is 28.8 Å². The molecule has 2 amide bonds. The monoisotopic (exact) mass is 294 g/mol. The van der Waals surface area contributed by atoms with Crippen LogP contribution in [-0.2, 0) is 16.1 Å². The summed E-state index contributed by atoms with van der Waals surface area (Å²) in [4.78, 5) is 25.7. The molecule has 1 unspecified atom stereocenters. The van der Waals surface area contributed by atoms with Crippen LogP contribution in [0.2, 0.25) is 5.02 Å². The van der Waals surface area contributed by atoms with E-state index in [1.807, 2.05) is 26.0 Å². The highest BCUT2D eigenvalue weighted by Crippen LogP contribution is 2.22.